The van der Waals surface area contributed by atoms with Gasteiger partial charge in [0.15, 0.2) is 5.76 Å². The Morgan fingerprint density at radius 2 is 1.50 bits per heavy atom. The van der Waals surface area contributed by atoms with Crippen LogP contribution in [0.1, 0.15) is 76.1 Å². The summed E-state index contributed by atoms with van der Waals surface area (Å²) >= 11 is 0. The van der Waals surface area contributed by atoms with Gasteiger partial charge in [0, 0.05) is 22.7 Å². The molecule has 0 bridgehead atoms. The van der Waals surface area contributed by atoms with E-state index in [1.54, 1.807) is 58.9 Å². The Balaban J connectivity index is 2.35. The van der Waals surface area contributed by atoms with Crippen molar-refractivity contribution in [3.8, 4) is 11.3 Å². The summed E-state index contributed by atoms with van der Waals surface area (Å²) in [5.41, 5.74) is -0.386. The summed E-state index contributed by atoms with van der Waals surface area (Å²) in [6.45, 7) is 14.5. The van der Waals surface area contributed by atoms with Gasteiger partial charge in [0.05, 0.1) is 18.7 Å². The predicted octanol–water partition coefficient (Wildman–Crippen LogP) is 6.25. The molecule has 0 atom stereocenters. The molecule has 0 fully saturated rings. The van der Waals surface area contributed by atoms with Crippen LogP contribution in [0.5, 0.6) is 0 Å². The van der Waals surface area contributed by atoms with E-state index in [1.807, 2.05) is 20.8 Å². The number of anilines is 1. The molecule has 0 saturated carbocycles. The minimum absolute atomic E-state index is 0.0608. The molecule has 3 rings (SSSR count). The maximum absolute atomic E-state index is 13.2. The molecule has 9 heteroatoms. The second-order valence-corrected chi connectivity index (χ2v) is 10.2. The molecule has 1 N–H and O–H groups in total. The Bertz CT molecular complexity index is 1290. The summed E-state index contributed by atoms with van der Waals surface area (Å²) in [7, 11) is 0. The zero-order chi connectivity index (χ0) is 26.8. The van der Waals surface area contributed by atoms with Crippen molar-refractivity contribution in [3.63, 3.8) is 0 Å². The van der Waals surface area contributed by atoms with E-state index in [0.29, 0.717) is 16.5 Å². The number of para-hydroxylation sites is 1. The number of nitrogens with one attached hydrogen (secondary N) is 1. The molecule has 3 aromatic rings. The van der Waals surface area contributed by atoms with Gasteiger partial charge >= 0.3 is 18.0 Å². The number of hydrogen-bond donors (Lipinski definition) is 1. The fraction of sp³-hybridized carbons (Fsp3) is 0.444. The van der Waals surface area contributed by atoms with Crippen LogP contribution in [0.15, 0.2) is 34.9 Å². The summed E-state index contributed by atoms with van der Waals surface area (Å²) in [5.74, 6) is -1.30. The molecule has 0 saturated heterocycles. The van der Waals surface area contributed by atoms with E-state index in [-0.39, 0.29) is 36.0 Å². The predicted molar refractivity (Wildman–Crippen MR) is 137 cm³/mol. The first-order valence-corrected chi connectivity index (χ1v) is 11.9. The molecule has 9 nitrogen and oxygen atoms in total. The van der Waals surface area contributed by atoms with Gasteiger partial charge in [0.2, 0.25) is 5.88 Å². The summed E-state index contributed by atoms with van der Waals surface area (Å²) < 4.78 is 23.7. The lowest BCUT2D eigenvalue weighted by Gasteiger charge is -2.20. The van der Waals surface area contributed by atoms with Crippen molar-refractivity contribution < 1.29 is 33.0 Å². The van der Waals surface area contributed by atoms with Crippen molar-refractivity contribution in [1.82, 2.24) is 4.57 Å². The minimum atomic E-state index is -0.740. The van der Waals surface area contributed by atoms with E-state index in [0.717, 1.165) is 0 Å². The summed E-state index contributed by atoms with van der Waals surface area (Å²) in [4.78, 5) is 39.3. The lowest BCUT2D eigenvalue weighted by Crippen LogP contribution is -2.27. The van der Waals surface area contributed by atoms with E-state index in [1.165, 1.54) is 10.8 Å². The van der Waals surface area contributed by atoms with Crippen LogP contribution in [-0.4, -0.2) is 47.0 Å². The van der Waals surface area contributed by atoms with Crippen molar-refractivity contribution >= 4 is 34.8 Å². The van der Waals surface area contributed by atoms with Gasteiger partial charge in [-0.2, -0.15) is 0 Å². The molecule has 2 aromatic heterocycles. The first-order valence-electron chi connectivity index (χ1n) is 11.9. The second-order valence-electron chi connectivity index (χ2n) is 10.2. The normalized spacial score (nSPS) is 11.9. The summed E-state index contributed by atoms with van der Waals surface area (Å²) in [6.07, 6.45) is 0.948. The van der Waals surface area contributed by atoms with Crippen LogP contribution < -0.4 is 5.32 Å². The number of benzene rings is 1. The highest BCUT2D eigenvalue weighted by molar-refractivity contribution is 6.12. The van der Waals surface area contributed by atoms with Crippen LogP contribution in [0.3, 0.4) is 0 Å². The monoisotopic (exact) mass is 498 g/mol. The van der Waals surface area contributed by atoms with E-state index in [2.05, 4.69) is 5.32 Å². The van der Waals surface area contributed by atoms with Crippen molar-refractivity contribution in [2.45, 2.75) is 66.5 Å². The van der Waals surface area contributed by atoms with Gasteiger partial charge < -0.3 is 23.9 Å². The smallest absolute Gasteiger partial charge is 0.419 e. The number of carbonyl (C=O) groups excluding carboxylic acids is 3. The number of ether oxygens (including phenoxy) is 3. The Morgan fingerprint density at radius 3 is 2.06 bits per heavy atom. The van der Waals surface area contributed by atoms with Crippen LogP contribution >= 0.6 is 0 Å². The Kier molecular flexibility index (Phi) is 7.52. The molecule has 1 aromatic carbocycles. The standard InChI is InChI=1S/C27H34N2O7/c1-9-33-23(30)19-20(24(31)34-10-2)22(28-26(3,4)5)35-21(19)17-15-29(25(32)36-27(6,7)8)18-14-12-11-13-16(17)18/h11-15,28H,9-10H2,1-8H3. The number of aromatic nitrogens is 1. The van der Waals surface area contributed by atoms with Crippen molar-refractivity contribution in [2.24, 2.45) is 0 Å². The number of furan rings is 1. The van der Waals surface area contributed by atoms with Crippen LogP contribution in [0, 0.1) is 0 Å². The number of nitrogens with zero attached hydrogens (tertiary/aromatic N) is 1. The summed E-state index contributed by atoms with van der Waals surface area (Å²) in [6, 6.07) is 7.15. The molecule has 0 spiro atoms. The Morgan fingerprint density at radius 1 is 0.917 bits per heavy atom. The van der Waals surface area contributed by atoms with Crippen LogP contribution in [0.2, 0.25) is 0 Å². The zero-order valence-electron chi connectivity index (χ0n) is 22.1. The molecule has 194 valence electrons. The molecule has 2 heterocycles. The molecular weight excluding hydrogens is 464 g/mol. The molecule has 0 unspecified atom stereocenters. The van der Waals surface area contributed by atoms with Gasteiger partial charge in [-0.25, -0.2) is 14.4 Å². The fourth-order valence-electron chi connectivity index (χ4n) is 3.67. The third-order valence-corrected chi connectivity index (χ3v) is 4.90. The highest BCUT2D eigenvalue weighted by Gasteiger charge is 2.35. The topological polar surface area (TPSA) is 109 Å². The first kappa shape index (κ1) is 26.8. The van der Waals surface area contributed by atoms with E-state index in [4.69, 9.17) is 18.6 Å². The molecule has 0 aliphatic rings. The third-order valence-electron chi connectivity index (χ3n) is 4.90. The second kappa shape index (κ2) is 10.1. The van der Waals surface area contributed by atoms with Gasteiger partial charge in [0.25, 0.3) is 0 Å². The van der Waals surface area contributed by atoms with E-state index >= 15 is 0 Å². The minimum Gasteiger partial charge on any atom is -0.462 e. The van der Waals surface area contributed by atoms with Gasteiger partial charge in [-0.1, -0.05) is 18.2 Å². The zero-order valence-corrected chi connectivity index (χ0v) is 22.1. The van der Waals surface area contributed by atoms with E-state index in [9.17, 15) is 14.4 Å². The van der Waals surface area contributed by atoms with Crippen molar-refractivity contribution in [3.05, 3.63) is 41.6 Å². The highest BCUT2D eigenvalue weighted by Crippen LogP contribution is 2.41. The van der Waals surface area contributed by atoms with Gasteiger partial charge in [-0.05, 0) is 61.5 Å². The molecule has 0 amide bonds. The average Bonchev–Trinajstić information content (AvgIpc) is 3.30. The van der Waals surface area contributed by atoms with Crippen LogP contribution in [0.25, 0.3) is 22.2 Å². The lowest BCUT2D eigenvalue weighted by atomic mass is 10.0. The number of rotatable bonds is 6. The van der Waals surface area contributed by atoms with Crippen LogP contribution in [-0.2, 0) is 14.2 Å². The number of hydrogen-bond acceptors (Lipinski definition) is 8. The number of carbonyl (C=O) groups is 3. The van der Waals surface area contributed by atoms with Gasteiger partial charge in [-0.3, -0.25) is 4.57 Å². The summed E-state index contributed by atoms with van der Waals surface area (Å²) in [5, 5.41) is 3.78. The molecular formula is C27H34N2O7. The fourth-order valence-corrected chi connectivity index (χ4v) is 3.67. The maximum atomic E-state index is 13.2. The highest BCUT2D eigenvalue weighted by atomic mass is 16.6. The third kappa shape index (κ3) is 5.72. The number of fused-ring (bicyclic) bond motifs is 1. The van der Waals surface area contributed by atoms with Crippen molar-refractivity contribution in [2.75, 3.05) is 18.5 Å². The molecule has 36 heavy (non-hydrogen) atoms. The Hall–Kier alpha value is -3.75. The first-order chi connectivity index (χ1) is 16.8. The van der Waals surface area contributed by atoms with E-state index < -0.39 is 29.2 Å². The quantitative estimate of drug-likeness (QED) is 0.314. The number of esters is 2. The SMILES string of the molecule is CCOC(=O)c1c(NC(C)(C)C)oc(-c2cn(C(=O)OC(C)(C)C)c3ccccc23)c1C(=O)OCC. The van der Waals surface area contributed by atoms with Gasteiger partial charge in [-0.15, -0.1) is 0 Å². The molecule has 0 aliphatic carbocycles. The molecule has 0 aliphatic heterocycles. The largest absolute Gasteiger partial charge is 0.462 e. The van der Waals surface area contributed by atoms with Crippen molar-refractivity contribution in [1.29, 1.82) is 0 Å². The van der Waals surface area contributed by atoms with Crippen LogP contribution in [0.4, 0.5) is 10.7 Å². The lowest BCUT2D eigenvalue weighted by molar-refractivity contribution is 0.0481. The Labute approximate surface area is 210 Å². The van der Waals surface area contributed by atoms with Gasteiger partial charge in [0.1, 0.15) is 16.7 Å². The average molecular weight is 499 g/mol. The molecule has 0 radical (unpaired) electrons. The maximum Gasteiger partial charge on any atom is 0.419 e.